The Hall–Kier alpha value is -1.45. The molecule has 0 saturated heterocycles. The van der Waals surface area contributed by atoms with Crippen molar-refractivity contribution in [3.8, 4) is 0 Å². The molecule has 1 rings (SSSR count). The van der Waals surface area contributed by atoms with Crippen molar-refractivity contribution < 1.29 is 26.6 Å². The van der Waals surface area contributed by atoms with Crippen molar-refractivity contribution in [3.63, 3.8) is 0 Å². The Bertz CT molecular complexity index is 662. The van der Waals surface area contributed by atoms with Crippen molar-refractivity contribution in [1.82, 2.24) is 6.15 Å². The van der Waals surface area contributed by atoms with Crippen molar-refractivity contribution in [1.29, 1.82) is 0 Å². The van der Waals surface area contributed by atoms with Gasteiger partial charge in [0.2, 0.25) is 0 Å². The van der Waals surface area contributed by atoms with E-state index < -0.39 is 16.5 Å². The zero-order valence-electron chi connectivity index (χ0n) is 20.7. The first-order chi connectivity index (χ1) is 14.9. The third kappa shape index (κ3) is 18.2. The molecule has 0 aromatic heterocycles. The molecular weight excluding hydrogens is 430 g/mol. The van der Waals surface area contributed by atoms with Crippen molar-refractivity contribution in [2.24, 2.45) is 0 Å². The Labute approximate surface area is 196 Å². The fourth-order valence-corrected chi connectivity index (χ4v) is 3.41. The molecule has 0 bridgehead atoms. The molecule has 188 valence electrons. The molecule has 1 atom stereocenters. The summed E-state index contributed by atoms with van der Waals surface area (Å²) in [5.41, 5.74) is 0.817. The monoisotopic (exact) mass is 475 g/mol. The van der Waals surface area contributed by atoms with E-state index in [0.717, 1.165) is 38.0 Å². The van der Waals surface area contributed by atoms with E-state index in [1.54, 1.807) is 19.9 Å². The predicted octanol–water partition coefficient (Wildman–Crippen LogP) is 7.21. The molecule has 0 amide bonds. The zero-order valence-corrected chi connectivity index (χ0v) is 21.5. The van der Waals surface area contributed by atoms with Gasteiger partial charge in [0.1, 0.15) is 11.9 Å². The van der Waals surface area contributed by atoms with Gasteiger partial charge in [-0.15, -0.1) is 0 Å². The van der Waals surface area contributed by atoms with Gasteiger partial charge in [0.15, 0.2) is 0 Å². The van der Waals surface area contributed by atoms with Crippen molar-refractivity contribution >= 4 is 10.4 Å². The van der Waals surface area contributed by atoms with E-state index in [1.807, 2.05) is 44.2 Å². The van der Waals surface area contributed by atoms with Gasteiger partial charge in [-0.25, -0.2) is 4.89 Å². The summed E-state index contributed by atoms with van der Waals surface area (Å²) in [4.78, 5) is 4.98. The van der Waals surface area contributed by atoms with Gasteiger partial charge in [-0.3, -0.25) is 0 Å². The largest absolute Gasteiger partial charge is 0.476 e. The minimum Gasteiger partial charge on any atom is -0.382 e. The minimum atomic E-state index is -4.24. The molecule has 0 fully saturated rings. The van der Waals surface area contributed by atoms with E-state index >= 15 is 0 Å². The minimum absolute atomic E-state index is 0. The molecule has 32 heavy (non-hydrogen) atoms. The van der Waals surface area contributed by atoms with Gasteiger partial charge in [0.25, 0.3) is 0 Å². The lowest BCUT2D eigenvalue weighted by atomic mass is 10.1. The number of rotatable bonds is 16. The Morgan fingerprint density at radius 2 is 1.50 bits per heavy atom. The van der Waals surface area contributed by atoms with Gasteiger partial charge in [-0.05, 0) is 45.8 Å². The van der Waals surface area contributed by atoms with Crippen LogP contribution in [-0.2, 0) is 28.5 Å². The van der Waals surface area contributed by atoms with Gasteiger partial charge >= 0.3 is 10.4 Å². The number of ether oxygens (including phenoxy) is 1. The number of benzene rings is 1. The fourth-order valence-electron chi connectivity index (χ4n) is 2.73. The number of hydrogen-bond acceptors (Lipinski definition) is 7. The first kappa shape index (κ1) is 32.7. The van der Waals surface area contributed by atoms with E-state index in [2.05, 4.69) is 11.3 Å². The Morgan fingerprint density at radius 1 is 0.938 bits per heavy atom. The zero-order chi connectivity index (χ0) is 23.4. The van der Waals surface area contributed by atoms with Crippen LogP contribution in [0.2, 0.25) is 0 Å². The summed E-state index contributed by atoms with van der Waals surface area (Å²) >= 11 is 0. The quantitative estimate of drug-likeness (QED) is 0.116. The average Bonchev–Trinajstić information content (AvgIpc) is 2.77. The molecule has 1 aromatic carbocycles. The lowest BCUT2D eigenvalue weighted by molar-refractivity contribution is -0.244. The molecule has 0 radical (unpaired) electrons. The second-order valence-corrected chi connectivity index (χ2v) is 8.24. The highest BCUT2D eigenvalue weighted by Crippen LogP contribution is 2.20. The van der Waals surface area contributed by atoms with Gasteiger partial charge in [0.05, 0.1) is 0 Å². The third-order valence-corrected chi connectivity index (χ3v) is 5.17. The van der Waals surface area contributed by atoms with Crippen LogP contribution in [0.15, 0.2) is 42.2 Å². The molecule has 7 nitrogen and oxygen atoms in total. The Kier molecular flexibility index (Phi) is 21.9. The van der Waals surface area contributed by atoms with E-state index in [1.165, 1.54) is 25.7 Å². The van der Waals surface area contributed by atoms with Gasteiger partial charge < -0.3 is 15.1 Å². The molecule has 3 N–H and O–H groups in total. The van der Waals surface area contributed by atoms with Crippen LogP contribution < -0.4 is 6.15 Å². The molecule has 0 aliphatic heterocycles. The fraction of sp³-hybridized carbons (Fsp3) is 0.667. The molecule has 0 aliphatic rings. The van der Waals surface area contributed by atoms with Gasteiger partial charge in [-0.2, -0.15) is 8.42 Å². The second-order valence-electron chi connectivity index (χ2n) is 7.12. The molecule has 0 saturated carbocycles. The number of unbranched alkanes of at least 4 members (excludes halogenated alkanes) is 6. The first-order valence-electron chi connectivity index (χ1n) is 11.5. The van der Waals surface area contributed by atoms with Crippen LogP contribution in [0, 0.1) is 0 Å². The summed E-state index contributed by atoms with van der Waals surface area (Å²) in [7, 11) is -4.24. The Morgan fingerprint density at radius 3 is 2.00 bits per heavy atom. The summed E-state index contributed by atoms with van der Waals surface area (Å²) in [6, 6.07) is 9.23. The lowest BCUT2D eigenvalue weighted by Crippen LogP contribution is -2.12. The molecule has 0 spiro atoms. The average molecular weight is 476 g/mol. The lowest BCUT2D eigenvalue weighted by Gasteiger charge is -2.13. The number of allylic oxidation sites excluding steroid dienone is 2. The molecule has 1 unspecified atom stereocenters. The summed E-state index contributed by atoms with van der Waals surface area (Å²) in [5, 5.41) is 0. The maximum atomic E-state index is 11.9. The molecule has 0 aliphatic carbocycles. The predicted molar refractivity (Wildman–Crippen MR) is 131 cm³/mol. The van der Waals surface area contributed by atoms with Crippen LogP contribution in [0.1, 0.15) is 97.7 Å². The molecule has 8 heteroatoms. The summed E-state index contributed by atoms with van der Waals surface area (Å²) in [6.07, 6.45) is 9.83. The molecule has 1 aromatic rings. The van der Waals surface area contributed by atoms with Crippen LogP contribution in [0.5, 0.6) is 0 Å². The SMILES string of the molecule is C/C=C(/CCCCCCCCC)OS(=O)(=O)OOC(C)c1ccccc1.CCOCC.N. The topological polar surface area (TPSA) is 106 Å². The highest BCUT2D eigenvalue weighted by atomic mass is 32.3. The number of hydrogen-bond donors (Lipinski definition) is 1. The van der Waals surface area contributed by atoms with Crippen LogP contribution >= 0.6 is 0 Å². The van der Waals surface area contributed by atoms with Gasteiger partial charge in [-0.1, -0.05) is 80.1 Å². The van der Waals surface area contributed by atoms with Crippen molar-refractivity contribution in [2.75, 3.05) is 13.2 Å². The normalized spacial score (nSPS) is 12.3. The first-order valence-corrected chi connectivity index (χ1v) is 12.8. The van der Waals surface area contributed by atoms with Crippen molar-refractivity contribution in [3.05, 3.63) is 47.7 Å². The van der Waals surface area contributed by atoms with Crippen LogP contribution in [0.3, 0.4) is 0 Å². The smallest absolute Gasteiger partial charge is 0.382 e. The van der Waals surface area contributed by atoms with E-state index in [4.69, 9.17) is 13.8 Å². The molecular formula is C24H45NO6S. The van der Waals surface area contributed by atoms with Gasteiger partial charge in [0, 0.05) is 19.6 Å². The van der Waals surface area contributed by atoms with Crippen LogP contribution in [0.25, 0.3) is 0 Å². The summed E-state index contributed by atoms with van der Waals surface area (Å²) in [5.74, 6) is 0.384. The highest BCUT2D eigenvalue weighted by Gasteiger charge is 2.19. The van der Waals surface area contributed by atoms with Crippen LogP contribution in [0.4, 0.5) is 0 Å². The maximum Gasteiger partial charge on any atom is 0.476 e. The maximum absolute atomic E-state index is 11.9. The van der Waals surface area contributed by atoms with Crippen molar-refractivity contribution in [2.45, 2.75) is 92.1 Å². The Balaban J connectivity index is 0. The summed E-state index contributed by atoms with van der Waals surface area (Å²) < 4.78 is 38.3. The van der Waals surface area contributed by atoms with E-state index in [-0.39, 0.29) is 6.15 Å². The van der Waals surface area contributed by atoms with E-state index in [0.29, 0.717) is 12.2 Å². The van der Waals surface area contributed by atoms with Crippen LogP contribution in [-0.4, -0.2) is 21.6 Å². The molecule has 0 heterocycles. The third-order valence-electron chi connectivity index (χ3n) is 4.50. The highest BCUT2D eigenvalue weighted by molar-refractivity contribution is 7.81. The summed E-state index contributed by atoms with van der Waals surface area (Å²) in [6.45, 7) is 11.3. The van der Waals surface area contributed by atoms with E-state index in [9.17, 15) is 8.42 Å². The second kappa shape index (κ2) is 21.4. The standard InChI is InChI=1S/C20H32O5S.C4H10O.H3N/c1-4-6-7-8-9-10-14-17-20(5-2)24-26(21,22)25-23-18(3)19-15-12-11-13-16-19;1-3-5-4-2;/h5,11-13,15-16,18H,4,6-10,14,17H2,1-3H3;3-4H2,1-2H3;1H3/b20-5-;;.